The van der Waals surface area contributed by atoms with Crippen molar-refractivity contribution in [3.05, 3.63) is 63.7 Å². The van der Waals surface area contributed by atoms with E-state index in [1.165, 1.54) is 29.8 Å². The Hall–Kier alpha value is -2.89. The first-order valence-corrected chi connectivity index (χ1v) is 7.26. The highest BCUT2D eigenvalue weighted by molar-refractivity contribution is 5.96. The molecule has 0 spiro atoms. The number of carbonyl (C=O) groups excluding carboxylic acids is 1. The van der Waals surface area contributed by atoms with Crippen LogP contribution in [0.4, 0.5) is 17.1 Å². The van der Waals surface area contributed by atoms with Crippen LogP contribution in [-0.4, -0.2) is 16.9 Å². The Labute approximate surface area is 134 Å². The molecule has 6 nitrogen and oxygen atoms in total. The van der Waals surface area contributed by atoms with Crippen LogP contribution < -0.4 is 10.6 Å². The van der Waals surface area contributed by atoms with Gasteiger partial charge in [0.1, 0.15) is 6.04 Å². The predicted molar refractivity (Wildman–Crippen MR) is 90.7 cm³/mol. The van der Waals surface area contributed by atoms with Gasteiger partial charge in [0.2, 0.25) is 5.91 Å². The summed E-state index contributed by atoms with van der Waals surface area (Å²) in [5.74, 6) is -0.211. The zero-order chi connectivity index (χ0) is 17.0. The summed E-state index contributed by atoms with van der Waals surface area (Å²) in [4.78, 5) is 22.3. The van der Waals surface area contributed by atoms with E-state index < -0.39 is 11.0 Å². The van der Waals surface area contributed by atoms with E-state index in [1.54, 1.807) is 6.92 Å². The Balaban J connectivity index is 1.99. The fourth-order valence-corrected chi connectivity index (χ4v) is 2.06. The van der Waals surface area contributed by atoms with Crippen LogP contribution in [0.1, 0.15) is 18.1 Å². The van der Waals surface area contributed by atoms with Crippen LogP contribution in [-0.2, 0) is 4.79 Å². The first-order valence-electron chi connectivity index (χ1n) is 7.26. The topological polar surface area (TPSA) is 84.3 Å². The van der Waals surface area contributed by atoms with E-state index in [9.17, 15) is 14.9 Å². The van der Waals surface area contributed by atoms with Crippen LogP contribution in [0.15, 0.2) is 42.5 Å². The number of aryl methyl sites for hydroxylation is 2. The van der Waals surface area contributed by atoms with Crippen molar-refractivity contribution in [2.45, 2.75) is 26.8 Å². The van der Waals surface area contributed by atoms with Crippen molar-refractivity contribution in [1.29, 1.82) is 0 Å². The lowest BCUT2D eigenvalue weighted by Gasteiger charge is -2.16. The standard InChI is InChI=1S/C17H19N3O3/c1-11-4-5-15(10-12(11)2)18-13(3)17(21)19-14-6-8-16(9-7-14)20(22)23/h4-10,13,18H,1-3H3,(H,19,21). The molecule has 1 atom stereocenters. The normalized spacial score (nSPS) is 11.6. The quantitative estimate of drug-likeness (QED) is 0.652. The van der Waals surface area contributed by atoms with Gasteiger partial charge < -0.3 is 10.6 Å². The van der Waals surface area contributed by atoms with Crippen molar-refractivity contribution in [3.8, 4) is 0 Å². The van der Waals surface area contributed by atoms with Crippen LogP contribution in [0.2, 0.25) is 0 Å². The molecule has 0 aliphatic carbocycles. The Morgan fingerprint density at radius 2 is 1.65 bits per heavy atom. The summed E-state index contributed by atoms with van der Waals surface area (Å²) < 4.78 is 0. The van der Waals surface area contributed by atoms with Gasteiger partial charge in [-0.25, -0.2) is 0 Å². The number of hydrogen-bond donors (Lipinski definition) is 2. The molecule has 1 amide bonds. The minimum Gasteiger partial charge on any atom is -0.374 e. The van der Waals surface area contributed by atoms with Crippen molar-refractivity contribution >= 4 is 23.0 Å². The van der Waals surface area contributed by atoms with E-state index in [0.29, 0.717) is 5.69 Å². The summed E-state index contributed by atoms with van der Waals surface area (Å²) in [6, 6.07) is 11.2. The summed E-state index contributed by atoms with van der Waals surface area (Å²) in [6.45, 7) is 5.81. The maximum absolute atomic E-state index is 12.2. The lowest BCUT2D eigenvalue weighted by Crippen LogP contribution is -2.31. The second-order valence-electron chi connectivity index (χ2n) is 5.46. The van der Waals surface area contributed by atoms with E-state index in [1.807, 2.05) is 32.0 Å². The average molecular weight is 313 g/mol. The van der Waals surface area contributed by atoms with Crippen molar-refractivity contribution in [2.24, 2.45) is 0 Å². The van der Waals surface area contributed by atoms with Gasteiger partial charge in [-0.15, -0.1) is 0 Å². The van der Waals surface area contributed by atoms with Gasteiger partial charge in [-0.2, -0.15) is 0 Å². The van der Waals surface area contributed by atoms with E-state index in [0.717, 1.165) is 11.3 Å². The van der Waals surface area contributed by atoms with Gasteiger partial charge in [-0.05, 0) is 56.2 Å². The SMILES string of the molecule is Cc1ccc(NC(C)C(=O)Nc2ccc([N+](=O)[O-])cc2)cc1C. The third-order valence-electron chi connectivity index (χ3n) is 3.63. The molecule has 0 saturated heterocycles. The summed E-state index contributed by atoms with van der Waals surface area (Å²) in [5, 5.41) is 16.5. The molecular weight excluding hydrogens is 294 g/mol. The van der Waals surface area contributed by atoms with E-state index in [2.05, 4.69) is 10.6 Å². The fraction of sp³-hybridized carbons (Fsp3) is 0.235. The summed E-state index contributed by atoms with van der Waals surface area (Å²) >= 11 is 0. The second kappa shape index (κ2) is 6.91. The van der Waals surface area contributed by atoms with Crippen molar-refractivity contribution in [2.75, 3.05) is 10.6 Å². The molecule has 0 fully saturated rings. The van der Waals surface area contributed by atoms with E-state index in [-0.39, 0.29) is 11.6 Å². The molecule has 0 radical (unpaired) electrons. The first-order chi connectivity index (χ1) is 10.9. The molecule has 120 valence electrons. The maximum Gasteiger partial charge on any atom is 0.269 e. The molecule has 0 heterocycles. The smallest absolute Gasteiger partial charge is 0.269 e. The summed E-state index contributed by atoms with van der Waals surface area (Å²) in [6.07, 6.45) is 0. The molecule has 0 aliphatic heterocycles. The van der Waals surface area contributed by atoms with Gasteiger partial charge in [0.25, 0.3) is 5.69 Å². The minimum absolute atomic E-state index is 0.00990. The van der Waals surface area contributed by atoms with E-state index >= 15 is 0 Å². The number of benzene rings is 2. The molecule has 23 heavy (non-hydrogen) atoms. The summed E-state index contributed by atoms with van der Waals surface area (Å²) in [7, 11) is 0. The van der Waals surface area contributed by atoms with Crippen molar-refractivity contribution < 1.29 is 9.72 Å². The van der Waals surface area contributed by atoms with Crippen LogP contribution in [0, 0.1) is 24.0 Å². The molecule has 0 aliphatic rings. The number of carbonyl (C=O) groups is 1. The van der Waals surface area contributed by atoms with Crippen LogP contribution >= 0.6 is 0 Å². The van der Waals surface area contributed by atoms with Crippen molar-refractivity contribution in [3.63, 3.8) is 0 Å². The minimum atomic E-state index is -0.477. The zero-order valence-electron chi connectivity index (χ0n) is 13.3. The van der Waals surface area contributed by atoms with Gasteiger partial charge in [0.05, 0.1) is 4.92 Å². The van der Waals surface area contributed by atoms with Gasteiger partial charge in [-0.1, -0.05) is 6.07 Å². The molecule has 0 bridgehead atoms. The third-order valence-corrected chi connectivity index (χ3v) is 3.63. The number of anilines is 2. The Morgan fingerprint density at radius 1 is 1.04 bits per heavy atom. The number of nitro groups is 1. The fourth-order valence-electron chi connectivity index (χ4n) is 2.06. The predicted octanol–water partition coefficient (Wildman–Crippen LogP) is 3.65. The number of nitrogens with one attached hydrogen (secondary N) is 2. The highest BCUT2D eigenvalue weighted by atomic mass is 16.6. The Kier molecular flexibility index (Phi) is 4.95. The highest BCUT2D eigenvalue weighted by Crippen LogP contribution is 2.17. The largest absolute Gasteiger partial charge is 0.374 e. The number of amides is 1. The monoisotopic (exact) mass is 313 g/mol. The van der Waals surface area contributed by atoms with Crippen LogP contribution in [0.25, 0.3) is 0 Å². The molecule has 0 saturated carbocycles. The van der Waals surface area contributed by atoms with E-state index in [4.69, 9.17) is 0 Å². The van der Waals surface area contributed by atoms with Gasteiger partial charge in [-0.3, -0.25) is 14.9 Å². The van der Waals surface area contributed by atoms with Crippen molar-refractivity contribution in [1.82, 2.24) is 0 Å². The Morgan fingerprint density at radius 3 is 2.22 bits per heavy atom. The number of nitro benzene ring substituents is 1. The molecule has 2 rings (SSSR count). The number of hydrogen-bond acceptors (Lipinski definition) is 4. The molecule has 2 aromatic carbocycles. The molecule has 6 heteroatoms. The van der Waals surface area contributed by atoms with Gasteiger partial charge >= 0.3 is 0 Å². The van der Waals surface area contributed by atoms with Gasteiger partial charge in [0, 0.05) is 23.5 Å². The van der Waals surface area contributed by atoms with Crippen LogP contribution in [0.5, 0.6) is 0 Å². The zero-order valence-corrected chi connectivity index (χ0v) is 13.3. The average Bonchev–Trinajstić information content (AvgIpc) is 2.51. The molecule has 2 N–H and O–H groups in total. The second-order valence-corrected chi connectivity index (χ2v) is 5.46. The Bertz CT molecular complexity index is 726. The summed E-state index contributed by atoms with van der Waals surface area (Å²) in [5.41, 5.74) is 3.73. The lowest BCUT2D eigenvalue weighted by molar-refractivity contribution is -0.384. The number of rotatable bonds is 5. The maximum atomic E-state index is 12.2. The third kappa shape index (κ3) is 4.29. The number of non-ortho nitro benzene ring substituents is 1. The molecular formula is C17H19N3O3. The van der Waals surface area contributed by atoms with Crippen LogP contribution in [0.3, 0.4) is 0 Å². The molecule has 2 aromatic rings. The van der Waals surface area contributed by atoms with Gasteiger partial charge in [0.15, 0.2) is 0 Å². The molecule has 0 aromatic heterocycles. The number of nitrogens with zero attached hydrogens (tertiary/aromatic N) is 1. The lowest BCUT2D eigenvalue weighted by atomic mass is 10.1. The first kappa shape index (κ1) is 16.5. The highest BCUT2D eigenvalue weighted by Gasteiger charge is 2.13. The molecule has 1 unspecified atom stereocenters.